The molecular weight excluding hydrogens is 192 g/mol. The minimum Gasteiger partial charge on any atom is -0.396 e. The van der Waals surface area contributed by atoms with Crippen LogP contribution in [0.15, 0.2) is 0 Å². The number of rotatable bonds is 6. The summed E-state index contributed by atoms with van der Waals surface area (Å²) in [4.78, 5) is 0. The minimum absolute atomic E-state index is 0.0325. The lowest BCUT2D eigenvalue weighted by atomic mass is 9.80. The smallest absolute Gasteiger partial charge is 0.0545 e. The molecular formula is C12H24O3. The molecule has 0 aromatic rings. The summed E-state index contributed by atoms with van der Waals surface area (Å²) in [6.07, 6.45) is 3.04. The first-order chi connectivity index (χ1) is 7.18. The topological polar surface area (TPSA) is 38.7 Å². The van der Waals surface area contributed by atoms with Gasteiger partial charge in [-0.3, -0.25) is 0 Å². The largest absolute Gasteiger partial charge is 0.396 e. The van der Waals surface area contributed by atoms with E-state index in [-0.39, 0.29) is 12.0 Å². The van der Waals surface area contributed by atoms with E-state index in [0.29, 0.717) is 12.5 Å². The van der Waals surface area contributed by atoms with Crippen molar-refractivity contribution in [3.8, 4) is 0 Å². The van der Waals surface area contributed by atoms with Crippen LogP contribution in [0, 0.1) is 11.3 Å². The Morgan fingerprint density at radius 3 is 2.80 bits per heavy atom. The second kappa shape index (κ2) is 6.46. The fraction of sp³-hybridized carbons (Fsp3) is 1.00. The van der Waals surface area contributed by atoms with Gasteiger partial charge in [0.05, 0.1) is 13.2 Å². The van der Waals surface area contributed by atoms with Crippen LogP contribution < -0.4 is 0 Å². The van der Waals surface area contributed by atoms with E-state index >= 15 is 0 Å². The lowest BCUT2D eigenvalue weighted by molar-refractivity contribution is -0.0566. The summed E-state index contributed by atoms with van der Waals surface area (Å²) in [6.45, 7) is 7.59. The number of aliphatic hydroxyl groups excluding tert-OH is 1. The van der Waals surface area contributed by atoms with Crippen molar-refractivity contribution in [2.75, 3.05) is 33.0 Å². The van der Waals surface area contributed by atoms with E-state index in [1.807, 2.05) is 0 Å². The summed E-state index contributed by atoms with van der Waals surface area (Å²) in [7, 11) is 0. The Morgan fingerprint density at radius 1 is 1.47 bits per heavy atom. The quantitative estimate of drug-likeness (QED) is 0.689. The highest BCUT2D eigenvalue weighted by atomic mass is 16.5. The zero-order valence-corrected chi connectivity index (χ0v) is 10.00. The molecule has 90 valence electrons. The van der Waals surface area contributed by atoms with Crippen molar-refractivity contribution in [3.05, 3.63) is 0 Å². The average molecular weight is 216 g/mol. The monoisotopic (exact) mass is 216 g/mol. The molecule has 0 amide bonds. The molecule has 0 aromatic heterocycles. The lowest BCUT2D eigenvalue weighted by Crippen LogP contribution is -2.36. The average Bonchev–Trinajstić information content (AvgIpc) is 2.26. The highest BCUT2D eigenvalue weighted by molar-refractivity contribution is 4.80. The van der Waals surface area contributed by atoms with Crippen molar-refractivity contribution in [3.63, 3.8) is 0 Å². The molecule has 1 heterocycles. The van der Waals surface area contributed by atoms with Crippen molar-refractivity contribution in [1.82, 2.24) is 0 Å². The molecule has 3 nitrogen and oxygen atoms in total. The molecule has 1 unspecified atom stereocenters. The summed E-state index contributed by atoms with van der Waals surface area (Å²) in [5.41, 5.74) is -0.0325. The molecule has 0 bridgehead atoms. The maximum Gasteiger partial charge on any atom is 0.0545 e. The van der Waals surface area contributed by atoms with Crippen molar-refractivity contribution in [2.45, 2.75) is 33.1 Å². The van der Waals surface area contributed by atoms with Crippen LogP contribution >= 0.6 is 0 Å². The van der Waals surface area contributed by atoms with Crippen LogP contribution in [0.1, 0.15) is 33.1 Å². The third-order valence-electron chi connectivity index (χ3n) is 2.97. The zero-order chi connectivity index (χ0) is 11.1. The minimum atomic E-state index is -0.0325. The summed E-state index contributed by atoms with van der Waals surface area (Å²) in [5, 5.41) is 9.41. The molecule has 0 aromatic carbocycles. The zero-order valence-electron chi connectivity index (χ0n) is 10.00. The highest BCUT2D eigenvalue weighted by Crippen LogP contribution is 2.31. The van der Waals surface area contributed by atoms with E-state index in [0.717, 1.165) is 39.1 Å². The van der Waals surface area contributed by atoms with Gasteiger partial charge in [0.25, 0.3) is 0 Å². The van der Waals surface area contributed by atoms with Gasteiger partial charge in [-0.2, -0.15) is 0 Å². The molecule has 1 fully saturated rings. The van der Waals surface area contributed by atoms with Gasteiger partial charge < -0.3 is 14.6 Å². The van der Waals surface area contributed by atoms with Crippen LogP contribution in [-0.4, -0.2) is 38.1 Å². The molecule has 1 saturated heterocycles. The number of hydrogen-bond donors (Lipinski definition) is 1. The lowest BCUT2D eigenvalue weighted by Gasteiger charge is -2.35. The second-order valence-electron chi connectivity index (χ2n) is 5.03. The highest BCUT2D eigenvalue weighted by Gasteiger charge is 2.31. The van der Waals surface area contributed by atoms with Crippen LogP contribution in [0.5, 0.6) is 0 Å². The van der Waals surface area contributed by atoms with Crippen LogP contribution in [0.4, 0.5) is 0 Å². The van der Waals surface area contributed by atoms with Crippen LogP contribution in [0.25, 0.3) is 0 Å². The third kappa shape index (κ3) is 4.49. The van der Waals surface area contributed by atoms with Gasteiger partial charge in [0, 0.05) is 25.2 Å². The first-order valence-corrected chi connectivity index (χ1v) is 5.95. The van der Waals surface area contributed by atoms with Crippen LogP contribution in [0.3, 0.4) is 0 Å². The Morgan fingerprint density at radius 2 is 2.27 bits per heavy atom. The van der Waals surface area contributed by atoms with Gasteiger partial charge in [-0.15, -0.1) is 0 Å². The van der Waals surface area contributed by atoms with Crippen molar-refractivity contribution in [1.29, 1.82) is 0 Å². The standard InChI is InChI=1S/C12H24O3/c1-11(2)8-14-7-5-12(9-13)4-3-6-15-10-12/h11,13H,3-10H2,1-2H3. The Bertz CT molecular complexity index is 162. The molecule has 0 aliphatic carbocycles. The fourth-order valence-corrected chi connectivity index (χ4v) is 1.92. The van der Waals surface area contributed by atoms with Crippen molar-refractivity contribution in [2.24, 2.45) is 11.3 Å². The number of ether oxygens (including phenoxy) is 2. The molecule has 0 spiro atoms. The summed E-state index contributed by atoms with van der Waals surface area (Å²) >= 11 is 0. The van der Waals surface area contributed by atoms with Gasteiger partial charge in [-0.1, -0.05) is 13.8 Å². The Labute approximate surface area is 92.8 Å². The van der Waals surface area contributed by atoms with E-state index in [1.165, 1.54) is 0 Å². The SMILES string of the molecule is CC(C)COCCC1(CO)CCCOC1. The van der Waals surface area contributed by atoms with Crippen LogP contribution in [-0.2, 0) is 9.47 Å². The first-order valence-electron chi connectivity index (χ1n) is 5.95. The fourth-order valence-electron chi connectivity index (χ4n) is 1.92. The first kappa shape index (κ1) is 12.9. The van der Waals surface area contributed by atoms with Gasteiger partial charge in [-0.05, 0) is 25.2 Å². The summed E-state index contributed by atoms with van der Waals surface area (Å²) in [6, 6.07) is 0. The number of aliphatic hydroxyl groups is 1. The molecule has 0 saturated carbocycles. The molecule has 15 heavy (non-hydrogen) atoms. The summed E-state index contributed by atoms with van der Waals surface area (Å²) in [5.74, 6) is 0.581. The molecule has 1 aliphatic heterocycles. The maximum absolute atomic E-state index is 9.41. The van der Waals surface area contributed by atoms with E-state index in [9.17, 15) is 5.11 Å². The van der Waals surface area contributed by atoms with Gasteiger partial charge >= 0.3 is 0 Å². The predicted octanol–water partition coefficient (Wildman–Crippen LogP) is 1.84. The van der Waals surface area contributed by atoms with E-state index in [4.69, 9.17) is 9.47 Å². The predicted molar refractivity (Wildman–Crippen MR) is 59.8 cm³/mol. The Balaban J connectivity index is 2.20. The van der Waals surface area contributed by atoms with Gasteiger partial charge in [0.15, 0.2) is 0 Å². The molecule has 1 aliphatic rings. The van der Waals surface area contributed by atoms with E-state index in [2.05, 4.69) is 13.8 Å². The van der Waals surface area contributed by atoms with Crippen LogP contribution in [0.2, 0.25) is 0 Å². The van der Waals surface area contributed by atoms with E-state index < -0.39 is 0 Å². The van der Waals surface area contributed by atoms with Gasteiger partial charge in [0.2, 0.25) is 0 Å². The molecule has 1 atom stereocenters. The van der Waals surface area contributed by atoms with Gasteiger partial charge in [-0.25, -0.2) is 0 Å². The molecule has 0 radical (unpaired) electrons. The normalized spacial score (nSPS) is 27.2. The third-order valence-corrected chi connectivity index (χ3v) is 2.97. The second-order valence-corrected chi connectivity index (χ2v) is 5.03. The summed E-state index contributed by atoms with van der Waals surface area (Å²) < 4.78 is 11.0. The molecule has 1 rings (SSSR count). The molecule has 3 heteroatoms. The van der Waals surface area contributed by atoms with E-state index in [1.54, 1.807) is 0 Å². The van der Waals surface area contributed by atoms with Gasteiger partial charge in [0.1, 0.15) is 0 Å². The Kier molecular flexibility index (Phi) is 5.58. The Hall–Kier alpha value is -0.120. The van der Waals surface area contributed by atoms with Crippen molar-refractivity contribution < 1.29 is 14.6 Å². The number of hydrogen-bond acceptors (Lipinski definition) is 3. The maximum atomic E-state index is 9.41. The van der Waals surface area contributed by atoms with Crippen molar-refractivity contribution >= 4 is 0 Å². The molecule has 1 N–H and O–H groups in total.